The van der Waals surface area contributed by atoms with E-state index in [9.17, 15) is 4.79 Å². The number of amides is 1. The summed E-state index contributed by atoms with van der Waals surface area (Å²) in [6.45, 7) is 0.663. The highest BCUT2D eigenvalue weighted by molar-refractivity contribution is 5.91. The number of nitrogens with two attached hydrogens (primary N) is 2. The van der Waals surface area contributed by atoms with Crippen molar-refractivity contribution in [3.05, 3.63) is 65.9 Å². The van der Waals surface area contributed by atoms with E-state index < -0.39 is 12.0 Å². The number of nitrogens with zero attached hydrogens (tertiary/aromatic N) is 2. The Morgan fingerprint density at radius 3 is 2.66 bits per heavy atom. The second-order valence-electron chi connectivity index (χ2n) is 9.36. The van der Waals surface area contributed by atoms with E-state index >= 15 is 4.39 Å². The van der Waals surface area contributed by atoms with Crippen LogP contribution >= 0.6 is 0 Å². The Bertz CT molecular complexity index is 1310. The number of H-pyrrole nitrogens is 2. The molecule has 0 saturated heterocycles. The zero-order valence-electron chi connectivity index (χ0n) is 19.4. The maximum absolute atomic E-state index is 15.1. The predicted octanol–water partition coefficient (Wildman–Crippen LogP) is 3.84. The summed E-state index contributed by atoms with van der Waals surface area (Å²) in [5.74, 6) is 0.624. The number of rotatable bonds is 7. The molecule has 7 N–H and O–H groups in total. The molecule has 0 aliphatic heterocycles. The number of aromatic amines is 2. The number of aromatic nitrogens is 4. The van der Waals surface area contributed by atoms with E-state index in [0.29, 0.717) is 41.6 Å². The second-order valence-corrected chi connectivity index (χ2v) is 9.36. The Labute approximate surface area is 202 Å². The molecule has 2 aromatic carbocycles. The minimum atomic E-state index is -0.553. The Hall–Kier alpha value is -3.72. The lowest BCUT2D eigenvalue weighted by molar-refractivity contribution is -0.127. The van der Waals surface area contributed by atoms with Crippen LogP contribution in [0.5, 0.6) is 0 Å². The largest absolute Gasteiger partial charge is 0.382 e. The number of nitrogen functional groups attached to an aromatic ring is 1. The molecule has 1 atom stereocenters. The Morgan fingerprint density at radius 1 is 1.14 bits per heavy atom. The maximum Gasteiger partial charge on any atom is 0.223 e. The standard InChI is InChI=1S/C26H30FN7O/c27-23-22(18-10-11-19-20(13-18)33-34-24(19)29)31-25(32-23)21(12-15-4-2-1-3-5-15)30-26(35)17-8-6-16(14-28)7-9-17/h1-5,10-11,13,16-17,21H,6-9,12,14,28H2,(H,30,35)(H,31,32)(H3,29,33,34)/t16?,17?,21-/m0/s1. The summed E-state index contributed by atoms with van der Waals surface area (Å²) < 4.78 is 15.1. The molecule has 0 spiro atoms. The number of hydrogen-bond donors (Lipinski definition) is 5. The van der Waals surface area contributed by atoms with E-state index in [1.54, 1.807) is 18.2 Å². The van der Waals surface area contributed by atoms with E-state index in [1.807, 2.05) is 30.3 Å². The molecule has 1 aliphatic rings. The molecule has 1 amide bonds. The molecular weight excluding hydrogens is 445 g/mol. The molecule has 1 aliphatic carbocycles. The van der Waals surface area contributed by atoms with Gasteiger partial charge in [-0.25, -0.2) is 4.98 Å². The van der Waals surface area contributed by atoms with Crippen LogP contribution in [0.25, 0.3) is 22.2 Å². The highest BCUT2D eigenvalue weighted by Gasteiger charge is 2.29. The molecule has 35 heavy (non-hydrogen) atoms. The van der Waals surface area contributed by atoms with Gasteiger partial charge in [0.2, 0.25) is 11.9 Å². The first-order valence-corrected chi connectivity index (χ1v) is 12.1. The van der Waals surface area contributed by atoms with E-state index in [-0.39, 0.29) is 17.5 Å². The third-order valence-corrected chi connectivity index (χ3v) is 7.02. The quantitative estimate of drug-likeness (QED) is 0.276. The van der Waals surface area contributed by atoms with Gasteiger partial charge in [0.15, 0.2) is 5.82 Å². The molecule has 8 nitrogen and oxygen atoms in total. The molecule has 5 rings (SSSR count). The first-order valence-electron chi connectivity index (χ1n) is 12.1. The zero-order valence-corrected chi connectivity index (χ0v) is 19.4. The van der Waals surface area contributed by atoms with Crippen LogP contribution in [0.2, 0.25) is 0 Å². The fourth-order valence-electron chi connectivity index (χ4n) is 4.93. The number of imidazole rings is 1. The molecular formula is C26H30FN7O. The molecule has 182 valence electrons. The van der Waals surface area contributed by atoms with Gasteiger partial charge in [0, 0.05) is 16.9 Å². The highest BCUT2D eigenvalue weighted by atomic mass is 19.1. The third-order valence-electron chi connectivity index (χ3n) is 7.02. The number of benzene rings is 2. The van der Waals surface area contributed by atoms with Crippen molar-refractivity contribution >= 4 is 22.6 Å². The lowest BCUT2D eigenvalue weighted by atomic mass is 9.81. The summed E-state index contributed by atoms with van der Waals surface area (Å²) in [4.78, 5) is 20.5. The van der Waals surface area contributed by atoms with Crippen LogP contribution in [0.15, 0.2) is 48.5 Å². The van der Waals surface area contributed by atoms with Crippen LogP contribution in [0.1, 0.15) is 43.1 Å². The molecule has 2 aromatic heterocycles. The van der Waals surface area contributed by atoms with Crippen LogP contribution in [0.3, 0.4) is 0 Å². The van der Waals surface area contributed by atoms with Gasteiger partial charge in [0.05, 0.1) is 11.6 Å². The van der Waals surface area contributed by atoms with Crippen molar-refractivity contribution in [2.75, 3.05) is 12.3 Å². The van der Waals surface area contributed by atoms with Gasteiger partial charge < -0.3 is 21.8 Å². The Morgan fingerprint density at radius 2 is 1.91 bits per heavy atom. The summed E-state index contributed by atoms with van der Waals surface area (Å²) in [6, 6.07) is 14.6. The summed E-state index contributed by atoms with van der Waals surface area (Å²) in [6.07, 6.45) is 4.04. The van der Waals surface area contributed by atoms with Crippen molar-refractivity contribution < 1.29 is 9.18 Å². The van der Waals surface area contributed by atoms with Crippen molar-refractivity contribution in [3.63, 3.8) is 0 Å². The highest BCUT2D eigenvalue weighted by Crippen LogP contribution is 2.31. The van der Waals surface area contributed by atoms with Gasteiger partial charge in [-0.15, -0.1) is 0 Å². The fraction of sp³-hybridized carbons (Fsp3) is 0.346. The molecule has 2 heterocycles. The van der Waals surface area contributed by atoms with Crippen LogP contribution in [0, 0.1) is 17.8 Å². The van der Waals surface area contributed by atoms with Crippen LogP contribution in [-0.2, 0) is 11.2 Å². The number of nitrogens with one attached hydrogen (secondary N) is 3. The fourth-order valence-corrected chi connectivity index (χ4v) is 4.93. The number of carbonyl (C=O) groups excluding carboxylic acids is 1. The van der Waals surface area contributed by atoms with Gasteiger partial charge in [0.1, 0.15) is 11.5 Å². The van der Waals surface area contributed by atoms with Crippen molar-refractivity contribution in [2.45, 2.75) is 38.1 Å². The van der Waals surface area contributed by atoms with Crippen LogP contribution < -0.4 is 16.8 Å². The van der Waals surface area contributed by atoms with Crippen molar-refractivity contribution in [3.8, 4) is 11.3 Å². The summed E-state index contributed by atoms with van der Waals surface area (Å²) in [5.41, 5.74) is 14.2. The van der Waals surface area contributed by atoms with E-state index in [0.717, 1.165) is 36.6 Å². The van der Waals surface area contributed by atoms with Crippen molar-refractivity contribution in [2.24, 2.45) is 17.6 Å². The number of fused-ring (bicyclic) bond motifs is 1. The zero-order chi connectivity index (χ0) is 24.4. The molecule has 0 unspecified atom stereocenters. The number of hydrogen-bond acceptors (Lipinski definition) is 5. The van der Waals surface area contributed by atoms with E-state index in [2.05, 4.69) is 25.5 Å². The second kappa shape index (κ2) is 9.87. The number of carbonyl (C=O) groups is 1. The Kier molecular flexibility index (Phi) is 6.50. The molecule has 4 aromatic rings. The normalized spacial score (nSPS) is 19.0. The molecule has 0 radical (unpaired) electrons. The monoisotopic (exact) mass is 475 g/mol. The SMILES string of the molecule is NCC1CCC(C(=O)N[C@@H](Cc2ccccc2)c2nc(-c3ccc4c(N)n[nH]c4c3)c(F)[nH]2)CC1. The maximum atomic E-state index is 15.1. The van der Waals surface area contributed by atoms with Gasteiger partial charge in [-0.05, 0) is 62.3 Å². The minimum Gasteiger partial charge on any atom is -0.382 e. The van der Waals surface area contributed by atoms with Gasteiger partial charge >= 0.3 is 0 Å². The van der Waals surface area contributed by atoms with Crippen LogP contribution in [-0.4, -0.2) is 32.6 Å². The van der Waals surface area contributed by atoms with Crippen molar-refractivity contribution in [1.82, 2.24) is 25.5 Å². The summed E-state index contributed by atoms with van der Waals surface area (Å²) >= 11 is 0. The van der Waals surface area contributed by atoms with Crippen molar-refractivity contribution in [1.29, 1.82) is 0 Å². The van der Waals surface area contributed by atoms with Crippen LogP contribution in [0.4, 0.5) is 10.2 Å². The Balaban J connectivity index is 1.41. The topological polar surface area (TPSA) is 138 Å². The van der Waals surface area contributed by atoms with Gasteiger partial charge in [0.25, 0.3) is 0 Å². The smallest absolute Gasteiger partial charge is 0.223 e. The number of halogens is 1. The number of anilines is 1. The molecule has 9 heteroatoms. The minimum absolute atomic E-state index is 0.0193. The van der Waals surface area contributed by atoms with E-state index in [4.69, 9.17) is 11.5 Å². The predicted molar refractivity (Wildman–Crippen MR) is 134 cm³/mol. The van der Waals surface area contributed by atoms with Gasteiger partial charge in [-0.1, -0.05) is 36.4 Å². The lowest BCUT2D eigenvalue weighted by Gasteiger charge is -2.28. The average Bonchev–Trinajstić information content (AvgIpc) is 3.46. The average molecular weight is 476 g/mol. The summed E-state index contributed by atoms with van der Waals surface area (Å²) in [5, 5.41) is 10.8. The first-order chi connectivity index (χ1) is 17.0. The van der Waals surface area contributed by atoms with E-state index in [1.165, 1.54) is 0 Å². The van der Waals surface area contributed by atoms with Gasteiger partial charge in [-0.3, -0.25) is 9.89 Å². The summed E-state index contributed by atoms with van der Waals surface area (Å²) in [7, 11) is 0. The molecule has 0 bridgehead atoms. The molecule has 1 fully saturated rings. The molecule has 1 saturated carbocycles. The third kappa shape index (κ3) is 4.90. The lowest BCUT2D eigenvalue weighted by Crippen LogP contribution is -2.37. The van der Waals surface area contributed by atoms with Gasteiger partial charge in [-0.2, -0.15) is 9.49 Å². The first kappa shape index (κ1) is 23.0.